The molecular weight excluding hydrogens is 226 g/mol. The van der Waals surface area contributed by atoms with Gasteiger partial charge < -0.3 is 5.32 Å². The molecule has 2 heteroatoms. The van der Waals surface area contributed by atoms with Gasteiger partial charge >= 0.3 is 0 Å². The largest absolute Gasteiger partial charge is 0.315 e. The smallest absolute Gasteiger partial charge is 0.00534 e. The number of hydrogen-bond acceptors (Lipinski definition) is 2. The minimum atomic E-state index is 0.401. The van der Waals surface area contributed by atoms with Crippen LogP contribution in [-0.2, 0) is 12.8 Å². The first kappa shape index (κ1) is 14.7. The molecule has 0 amide bonds. The second kappa shape index (κ2) is 6.55. The summed E-state index contributed by atoms with van der Waals surface area (Å²) >= 11 is 1.98. The highest BCUT2D eigenvalue weighted by molar-refractivity contribution is 7.11. The van der Waals surface area contributed by atoms with E-state index in [1.165, 1.54) is 29.0 Å². The lowest BCUT2D eigenvalue weighted by Crippen LogP contribution is -2.28. The maximum atomic E-state index is 3.51. The molecule has 1 N–H and O–H groups in total. The molecule has 0 aliphatic rings. The van der Waals surface area contributed by atoms with Crippen LogP contribution in [0.1, 0.15) is 50.8 Å². The monoisotopic (exact) mass is 253 g/mol. The molecule has 0 fully saturated rings. The fraction of sp³-hybridized carbons (Fsp3) is 0.733. The summed E-state index contributed by atoms with van der Waals surface area (Å²) in [4.78, 5) is 3.05. The van der Waals surface area contributed by atoms with E-state index in [-0.39, 0.29) is 0 Å². The minimum Gasteiger partial charge on any atom is -0.315 e. The molecule has 0 aromatic carbocycles. The lowest BCUT2D eigenvalue weighted by molar-refractivity contribution is 0.323. The van der Waals surface area contributed by atoms with Crippen LogP contribution in [0.15, 0.2) is 12.1 Å². The van der Waals surface area contributed by atoms with Gasteiger partial charge in [-0.05, 0) is 43.4 Å². The number of rotatable bonds is 7. The summed E-state index contributed by atoms with van der Waals surface area (Å²) in [6, 6.07) is 5.18. The van der Waals surface area contributed by atoms with Gasteiger partial charge in [-0.1, -0.05) is 34.6 Å². The Labute approximate surface area is 111 Å². The molecule has 0 aliphatic carbocycles. The fourth-order valence-corrected chi connectivity index (χ4v) is 3.18. The third-order valence-corrected chi connectivity index (χ3v) is 4.30. The first-order valence-electron chi connectivity index (χ1n) is 6.74. The molecular formula is C15H27NS. The van der Waals surface area contributed by atoms with Crippen molar-refractivity contribution in [3.8, 4) is 0 Å². The summed E-state index contributed by atoms with van der Waals surface area (Å²) in [6.07, 6.45) is 3.61. The Kier molecular flexibility index (Phi) is 5.68. The Hall–Kier alpha value is -0.340. The van der Waals surface area contributed by atoms with Gasteiger partial charge in [-0.25, -0.2) is 0 Å². The van der Waals surface area contributed by atoms with Gasteiger partial charge in [0.25, 0.3) is 0 Å². The van der Waals surface area contributed by atoms with Crippen LogP contribution in [0.2, 0.25) is 0 Å². The third kappa shape index (κ3) is 5.69. The maximum Gasteiger partial charge on any atom is 0.00534 e. The first-order chi connectivity index (χ1) is 7.93. The van der Waals surface area contributed by atoms with Crippen LogP contribution in [0.25, 0.3) is 0 Å². The van der Waals surface area contributed by atoms with E-state index in [1.807, 2.05) is 11.3 Å². The molecule has 0 radical (unpaired) electrons. The summed E-state index contributed by atoms with van der Waals surface area (Å²) in [5, 5.41) is 3.51. The van der Waals surface area contributed by atoms with Crippen LogP contribution in [0, 0.1) is 5.41 Å². The maximum absolute atomic E-state index is 3.51. The molecule has 0 bridgehead atoms. The Bertz CT molecular complexity index is 325. The Morgan fingerprint density at radius 2 is 1.88 bits per heavy atom. The molecule has 0 saturated carbocycles. The Morgan fingerprint density at radius 3 is 2.41 bits per heavy atom. The van der Waals surface area contributed by atoms with E-state index < -0.39 is 0 Å². The Morgan fingerprint density at radius 1 is 1.24 bits per heavy atom. The standard InChI is InChI=1S/C15H27NS/c1-6-13-7-8-14(17-13)11-15(4,5)9-10-16-12(2)3/h7-8,12,16H,6,9-11H2,1-5H3. The van der Waals surface area contributed by atoms with E-state index in [0.29, 0.717) is 11.5 Å². The minimum absolute atomic E-state index is 0.401. The highest BCUT2D eigenvalue weighted by Crippen LogP contribution is 2.29. The SMILES string of the molecule is CCc1ccc(CC(C)(C)CCNC(C)C)s1. The molecule has 98 valence electrons. The predicted molar refractivity (Wildman–Crippen MR) is 78.9 cm³/mol. The molecule has 0 atom stereocenters. The highest BCUT2D eigenvalue weighted by atomic mass is 32.1. The van der Waals surface area contributed by atoms with Crippen molar-refractivity contribution in [3.63, 3.8) is 0 Å². The molecule has 0 saturated heterocycles. The molecule has 0 aliphatic heterocycles. The van der Waals surface area contributed by atoms with Crippen molar-refractivity contribution >= 4 is 11.3 Å². The predicted octanol–water partition coefficient (Wildman–Crippen LogP) is 4.27. The molecule has 17 heavy (non-hydrogen) atoms. The van der Waals surface area contributed by atoms with Crippen LogP contribution in [-0.4, -0.2) is 12.6 Å². The summed E-state index contributed by atoms with van der Waals surface area (Å²) in [6.45, 7) is 12.5. The van der Waals surface area contributed by atoms with E-state index in [2.05, 4.69) is 52.1 Å². The molecule has 1 heterocycles. The number of thiophene rings is 1. The first-order valence-corrected chi connectivity index (χ1v) is 7.55. The summed E-state index contributed by atoms with van der Waals surface area (Å²) in [7, 11) is 0. The molecule has 0 spiro atoms. The molecule has 1 aromatic rings. The zero-order chi connectivity index (χ0) is 12.9. The van der Waals surface area contributed by atoms with Gasteiger partial charge in [0.15, 0.2) is 0 Å². The Balaban J connectivity index is 2.42. The van der Waals surface area contributed by atoms with Crippen LogP contribution in [0.3, 0.4) is 0 Å². The van der Waals surface area contributed by atoms with Gasteiger partial charge in [0.05, 0.1) is 0 Å². The summed E-state index contributed by atoms with van der Waals surface area (Å²) in [5.74, 6) is 0. The number of nitrogens with one attached hydrogen (secondary N) is 1. The van der Waals surface area contributed by atoms with E-state index in [4.69, 9.17) is 0 Å². The van der Waals surface area contributed by atoms with Crippen molar-refractivity contribution in [1.82, 2.24) is 5.32 Å². The fourth-order valence-electron chi connectivity index (χ4n) is 1.97. The van der Waals surface area contributed by atoms with Gasteiger partial charge in [-0.3, -0.25) is 0 Å². The van der Waals surface area contributed by atoms with E-state index >= 15 is 0 Å². The van der Waals surface area contributed by atoms with Crippen molar-refractivity contribution in [2.24, 2.45) is 5.41 Å². The lowest BCUT2D eigenvalue weighted by atomic mass is 9.85. The van der Waals surface area contributed by atoms with Gasteiger partial charge in [0, 0.05) is 15.8 Å². The summed E-state index contributed by atoms with van der Waals surface area (Å²) in [5.41, 5.74) is 0.401. The summed E-state index contributed by atoms with van der Waals surface area (Å²) < 4.78 is 0. The second-order valence-electron chi connectivity index (χ2n) is 5.92. The van der Waals surface area contributed by atoms with Crippen molar-refractivity contribution < 1.29 is 0 Å². The van der Waals surface area contributed by atoms with Crippen LogP contribution < -0.4 is 5.32 Å². The van der Waals surface area contributed by atoms with Gasteiger partial charge in [0.1, 0.15) is 0 Å². The van der Waals surface area contributed by atoms with Gasteiger partial charge in [-0.2, -0.15) is 0 Å². The zero-order valence-electron chi connectivity index (χ0n) is 12.0. The zero-order valence-corrected chi connectivity index (χ0v) is 12.8. The number of aryl methyl sites for hydroxylation is 1. The number of hydrogen-bond donors (Lipinski definition) is 1. The topological polar surface area (TPSA) is 12.0 Å². The van der Waals surface area contributed by atoms with E-state index in [9.17, 15) is 0 Å². The quantitative estimate of drug-likeness (QED) is 0.765. The second-order valence-corrected chi connectivity index (χ2v) is 7.17. The van der Waals surface area contributed by atoms with Gasteiger partial charge in [-0.15, -0.1) is 11.3 Å². The lowest BCUT2D eigenvalue weighted by Gasteiger charge is -2.24. The third-order valence-electron chi connectivity index (χ3n) is 3.07. The van der Waals surface area contributed by atoms with Crippen LogP contribution >= 0.6 is 11.3 Å². The van der Waals surface area contributed by atoms with E-state index in [1.54, 1.807) is 0 Å². The van der Waals surface area contributed by atoms with Crippen molar-refractivity contribution in [2.75, 3.05) is 6.54 Å². The molecule has 1 aromatic heterocycles. The molecule has 0 unspecified atom stereocenters. The van der Waals surface area contributed by atoms with Crippen molar-refractivity contribution in [1.29, 1.82) is 0 Å². The normalized spacial score (nSPS) is 12.4. The highest BCUT2D eigenvalue weighted by Gasteiger charge is 2.19. The van der Waals surface area contributed by atoms with Crippen LogP contribution in [0.4, 0.5) is 0 Å². The van der Waals surface area contributed by atoms with Gasteiger partial charge in [0.2, 0.25) is 0 Å². The average Bonchev–Trinajstić information content (AvgIpc) is 2.63. The average molecular weight is 253 g/mol. The van der Waals surface area contributed by atoms with Crippen molar-refractivity contribution in [3.05, 3.63) is 21.9 Å². The van der Waals surface area contributed by atoms with E-state index in [0.717, 1.165) is 6.54 Å². The van der Waals surface area contributed by atoms with Crippen LogP contribution in [0.5, 0.6) is 0 Å². The van der Waals surface area contributed by atoms with Crippen molar-refractivity contribution in [2.45, 2.75) is 59.9 Å². The molecule has 1 nitrogen and oxygen atoms in total. The molecule has 1 rings (SSSR count).